The molecule has 0 heterocycles. The van der Waals surface area contributed by atoms with Gasteiger partial charge >= 0.3 is 0 Å². The van der Waals surface area contributed by atoms with Crippen molar-refractivity contribution in [3.05, 3.63) is 50.4 Å². The van der Waals surface area contributed by atoms with Gasteiger partial charge in [-0.3, -0.25) is 4.79 Å². The minimum absolute atomic E-state index is 0.0355. The van der Waals surface area contributed by atoms with Crippen LogP contribution in [0.5, 0.6) is 11.5 Å². The highest BCUT2D eigenvalue weighted by Crippen LogP contribution is 2.34. The fourth-order valence-electron chi connectivity index (χ4n) is 2.43. The summed E-state index contributed by atoms with van der Waals surface area (Å²) in [5.41, 5.74) is 3.00. The van der Waals surface area contributed by atoms with Crippen molar-refractivity contribution in [1.82, 2.24) is 0 Å². The summed E-state index contributed by atoms with van der Waals surface area (Å²) in [6.45, 7) is 2.10. The van der Waals surface area contributed by atoms with Gasteiger partial charge in [-0.25, -0.2) is 0 Å². The van der Waals surface area contributed by atoms with Crippen LogP contribution in [0.25, 0.3) is 0 Å². The Labute approximate surface area is 165 Å². The van der Waals surface area contributed by atoms with Crippen molar-refractivity contribution in [1.29, 1.82) is 0 Å². The summed E-state index contributed by atoms with van der Waals surface area (Å²) in [5, 5.41) is 2.95. The molecule has 0 aliphatic rings. The van der Waals surface area contributed by atoms with E-state index in [2.05, 4.69) is 44.1 Å². The Morgan fingerprint density at radius 3 is 2.32 bits per heavy atom. The lowest BCUT2D eigenvalue weighted by Crippen LogP contribution is -2.13. The molecule has 6 heteroatoms. The Balaban J connectivity index is 2.03. The molecular formula is C19H21Br2NO3. The topological polar surface area (TPSA) is 47.6 Å². The number of ether oxygens (including phenoxy) is 2. The quantitative estimate of drug-likeness (QED) is 0.592. The summed E-state index contributed by atoms with van der Waals surface area (Å²) in [5.74, 6) is 1.27. The first-order chi connectivity index (χ1) is 12.0. The minimum atomic E-state index is -0.0355. The smallest absolute Gasteiger partial charge is 0.224 e. The van der Waals surface area contributed by atoms with Crippen molar-refractivity contribution >= 4 is 43.5 Å². The van der Waals surface area contributed by atoms with Crippen LogP contribution < -0.4 is 14.8 Å². The van der Waals surface area contributed by atoms with Gasteiger partial charge in [-0.05, 0) is 64.2 Å². The minimum Gasteiger partial charge on any atom is -0.493 e. The van der Waals surface area contributed by atoms with Crippen LogP contribution in [-0.4, -0.2) is 20.1 Å². The number of methoxy groups -OCH3 is 2. The predicted molar refractivity (Wildman–Crippen MR) is 108 cm³/mol. The van der Waals surface area contributed by atoms with Gasteiger partial charge in [-0.1, -0.05) is 28.9 Å². The van der Waals surface area contributed by atoms with Crippen LogP contribution in [-0.2, 0) is 17.6 Å². The molecule has 2 aromatic rings. The first-order valence-corrected chi connectivity index (χ1v) is 9.55. The Kier molecular flexibility index (Phi) is 7.32. The number of benzene rings is 2. The van der Waals surface area contributed by atoms with Gasteiger partial charge < -0.3 is 14.8 Å². The molecule has 1 amide bonds. The zero-order chi connectivity index (χ0) is 18.4. The van der Waals surface area contributed by atoms with Crippen molar-refractivity contribution in [3.63, 3.8) is 0 Å². The molecule has 1 N–H and O–H groups in total. The Hall–Kier alpha value is -1.53. The lowest BCUT2D eigenvalue weighted by Gasteiger charge is -2.12. The first-order valence-electron chi connectivity index (χ1n) is 7.97. The summed E-state index contributed by atoms with van der Waals surface area (Å²) in [7, 11) is 3.19. The van der Waals surface area contributed by atoms with E-state index in [0.717, 1.165) is 26.6 Å². The average molecular weight is 471 g/mol. The molecule has 2 aromatic carbocycles. The number of amides is 1. The molecule has 0 fully saturated rings. The second-order valence-electron chi connectivity index (χ2n) is 5.51. The molecule has 25 heavy (non-hydrogen) atoms. The van der Waals surface area contributed by atoms with E-state index in [9.17, 15) is 4.79 Å². The molecule has 0 bridgehead atoms. The van der Waals surface area contributed by atoms with Gasteiger partial charge in [0.05, 0.1) is 19.9 Å². The normalized spacial score (nSPS) is 10.4. The van der Waals surface area contributed by atoms with E-state index in [1.54, 1.807) is 14.2 Å². The second-order valence-corrected chi connectivity index (χ2v) is 7.22. The molecule has 0 aliphatic heterocycles. The highest BCUT2D eigenvalue weighted by Gasteiger charge is 2.12. The SMILES string of the molecule is CCc1ccc(NC(=O)CCc2cc(OC)c(OC)cc2Br)c(Br)c1. The van der Waals surface area contributed by atoms with Crippen LogP contribution in [0.15, 0.2) is 39.3 Å². The summed E-state index contributed by atoms with van der Waals surface area (Å²) in [4.78, 5) is 12.3. The van der Waals surface area contributed by atoms with Crippen LogP contribution in [0.3, 0.4) is 0 Å². The van der Waals surface area contributed by atoms with E-state index < -0.39 is 0 Å². The maximum absolute atomic E-state index is 12.3. The zero-order valence-corrected chi connectivity index (χ0v) is 17.7. The Morgan fingerprint density at radius 1 is 1.04 bits per heavy atom. The monoisotopic (exact) mass is 469 g/mol. The predicted octanol–water partition coefficient (Wildman–Crippen LogP) is 5.36. The number of rotatable bonds is 7. The van der Waals surface area contributed by atoms with E-state index in [4.69, 9.17) is 9.47 Å². The molecule has 0 unspecified atom stereocenters. The maximum Gasteiger partial charge on any atom is 0.224 e. The zero-order valence-electron chi connectivity index (χ0n) is 14.5. The first kappa shape index (κ1) is 19.8. The Bertz CT molecular complexity index is 763. The van der Waals surface area contributed by atoms with E-state index in [0.29, 0.717) is 24.3 Å². The molecule has 0 aromatic heterocycles. The standard InChI is InChI=1S/C19H21Br2NO3/c1-4-12-5-7-16(15(21)9-12)22-19(23)8-6-13-10-17(24-2)18(25-3)11-14(13)20/h5,7,9-11H,4,6,8H2,1-3H3,(H,22,23). The molecule has 0 radical (unpaired) electrons. The van der Waals surface area contributed by atoms with Crippen molar-refractivity contribution in [3.8, 4) is 11.5 Å². The third-order valence-electron chi connectivity index (χ3n) is 3.89. The Morgan fingerprint density at radius 2 is 1.72 bits per heavy atom. The third-order valence-corrected chi connectivity index (χ3v) is 5.28. The maximum atomic E-state index is 12.3. The van der Waals surface area contributed by atoms with Crippen LogP contribution in [0.4, 0.5) is 5.69 Å². The molecule has 0 atom stereocenters. The van der Waals surface area contributed by atoms with Crippen molar-refractivity contribution in [2.75, 3.05) is 19.5 Å². The van der Waals surface area contributed by atoms with Crippen LogP contribution in [0.1, 0.15) is 24.5 Å². The number of nitrogens with one attached hydrogen (secondary N) is 1. The van der Waals surface area contributed by atoms with Crippen molar-refractivity contribution in [2.24, 2.45) is 0 Å². The third kappa shape index (κ3) is 5.22. The highest BCUT2D eigenvalue weighted by atomic mass is 79.9. The van der Waals surface area contributed by atoms with E-state index in [1.807, 2.05) is 30.3 Å². The number of halogens is 2. The van der Waals surface area contributed by atoms with E-state index in [-0.39, 0.29) is 5.91 Å². The summed E-state index contributed by atoms with van der Waals surface area (Å²) in [6.07, 6.45) is 1.92. The summed E-state index contributed by atoms with van der Waals surface area (Å²) in [6, 6.07) is 9.72. The van der Waals surface area contributed by atoms with Gasteiger partial charge in [-0.2, -0.15) is 0 Å². The molecule has 2 rings (SSSR count). The number of carbonyl (C=O) groups is 1. The van der Waals surface area contributed by atoms with Crippen LogP contribution in [0.2, 0.25) is 0 Å². The van der Waals surface area contributed by atoms with Gasteiger partial charge in [0.2, 0.25) is 5.91 Å². The fourth-order valence-corrected chi connectivity index (χ4v) is 3.47. The van der Waals surface area contributed by atoms with Gasteiger partial charge in [0.1, 0.15) is 0 Å². The highest BCUT2D eigenvalue weighted by molar-refractivity contribution is 9.10. The fraction of sp³-hybridized carbons (Fsp3) is 0.316. The lowest BCUT2D eigenvalue weighted by atomic mass is 10.1. The van der Waals surface area contributed by atoms with Gasteiger partial charge in [0, 0.05) is 15.4 Å². The number of hydrogen-bond donors (Lipinski definition) is 1. The van der Waals surface area contributed by atoms with E-state index >= 15 is 0 Å². The summed E-state index contributed by atoms with van der Waals surface area (Å²) < 4.78 is 12.4. The number of aryl methyl sites for hydroxylation is 2. The van der Waals surface area contributed by atoms with Crippen LogP contribution in [0, 0.1) is 0 Å². The van der Waals surface area contributed by atoms with Gasteiger partial charge in [-0.15, -0.1) is 0 Å². The molecule has 0 saturated heterocycles. The number of anilines is 1. The molecule has 0 spiro atoms. The van der Waals surface area contributed by atoms with Gasteiger partial charge in [0.25, 0.3) is 0 Å². The number of hydrogen-bond acceptors (Lipinski definition) is 3. The molecule has 0 aliphatic carbocycles. The molecular weight excluding hydrogens is 450 g/mol. The second kappa shape index (κ2) is 9.25. The van der Waals surface area contributed by atoms with Crippen LogP contribution >= 0.6 is 31.9 Å². The summed E-state index contributed by atoms with van der Waals surface area (Å²) >= 11 is 7.03. The number of carbonyl (C=O) groups excluding carboxylic acids is 1. The van der Waals surface area contributed by atoms with Crippen molar-refractivity contribution in [2.45, 2.75) is 26.2 Å². The average Bonchev–Trinajstić information content (AvgIpc) is 2.61. The van der Waals surface area contributed by atoms with Crippen molar-refractivity contribution < 1.29 is 14.3 Å². The molecule has 0 saturated carbocycles. The van der Waals surface area contributed by atoms with E-state index in [1.165, 1.54) is 5.56 Å². The lowest BCUT2D eigenvalue weighted by molar-refractivity contribution is -0.116. The molecule has 4 nitrogen and oxygen atoms in total. The molecule has 134 valence electrons. The largest absolute Gasteiger partial charge is 0.493 e. The van der Waals surface area contributed by atoms with Gasteiger partial charge in [0.15, 0.2) is 11.5 Å².